The van der Waals surface area contributed by atoms with Crippen LogP contribution < -0.4 is 10.2 Å². The topological polar surface area (TPSA) is 28.2 Å². The summed E-state index contributed by atoms with van der Waals surface area (Å²) in [6.45, 7) is 8.64. The molecule has 2 heterocycles. The molecule has 1 N–H and O–H groups in total. The van der Waals surface area contributed by atoms with E-state index in [1.54, 1.807) is 0 Å². The van der Waals surface area contributed by atoms with Crippen molar-refractivity contribution in [1.82, 2.24) is 10.3 Å². The van der Waals surface area contributed by atoms with Crippen LogP contribution in [0.3, 0.4) is 0 Å². The highest BCUT2D eigenvalue weighted by atomic mass is 15.2. The molecule has 1 atom stereocenters. The van der Waals surface area contributed by atoms with Crippen molar-refractivity contribution in [2.24, 2.45) is 5.92 Å². The Bertz CT molecular complexity index is 608. The van der Waals surface area contributed by atoms with Crippen molar-refractivity contribution in [3.63, 3.8) is 0 Å². The summed E-state index contributed by atoms with van der Waals surface area (Å²) in [7, 11) is 0. The number of rotatable bonds is 4. The maximum absolute atomic E-state index is 4.97. The van der Waals surface area contributed by atoms with Crippen molar-refractivity contribution in [3.05, 3.63) is 35.9 Å². The zero-order valence-corrected chi connectivity index (χ0v) is 13.1. The molecule has 0 radical (unpaired) electrons. The Morgan fingerprint density at radius 2 is 2.19 bits per heavy atom. The van der Waals surface area contributed by atoms with Gasteiger partial charge in [-0.15, -0.1) is 0 Å². The summed E-state index contributed by atoms with van der Waals surface area (Å²) in [5.41, 5.74) is 2.43. The minimum Gasteiger partial charge on any atom is -0.356 e. The fraction of sp³-hybridized carbons (Fsp3) is 0.500. The lowest BCUT2D eigenvalue weighted by atomic mass is 9.99. The Morgan fingerprint density at radius 3 is 3.00 bits per heavy atom. The monoisotopic (exact) mass is 283 g/mol. The number of hydrogen-bond acceptors (Lipinski definition) is 3. The van der Waals surface area contributed by atoms with Crippen molar-refractivity contribution in [3.8, 4) is 0 Å². The van der Waals surface area contributed by atoms with Gasteiger partial charge in [-0.25, -0.2) is 4.98 Å². The molecule has 21 heavy (non-hydrogen) atoms. The average Bonchev–Trinajstić information content (AvgIpc) is 2.52. The lowest BCUT2D eigenvalue weighted by molar-refractivity contribution is 0.444. The summed E-state index contributed by atoms with van der Waals surface area (Å²) in [5.74, 6) is 1.94. The van der Waals surface area contributed by atoms with E-state index >= 15 is 0 Å². The van der Waals surface area contributed by atoms with Crippen LogP contribution >= 0.6 is 0 Å². The van der Waals surface area contributed by atoms with Crippen LogP contribution in [0.4, 0.5) is 5.82 Å². The van der Waals surface area contributed by atoms with E-state index in [9.17, 15) is 0 Å². The average molecular weight is 283 g/mol. The highest BCUT2D eigenvalue weighted by Gasteiger charge is 2.20. The van der Waals surface area contributed by atoms with E-state index in [0.717, 1.165) is 37.6 Å². The van der Waals surface area contributed by atoms with Crippen molar-refractivity contribution in [2.45, 2.75) is 33.2 Å². The maximum atomic E-state index is 4.97. The summed E-state index contributed by atoms with van der Waals surface area (Å²) in [4.78, 5) is 7.45. The number of nitrogens with one attached hydrogen (secondary N) is 1. The minimum atomic E-state index is 0.763. The van der Waals surface area contributed by atoms with Crippen molar-refractivity contribution in [2.75, 3.05) is 24.5 Å². The molecule has 1 aromatic carbocycles. The lowest BCUT2D eigenvalue weighted by Gasteiger charge is -2.33. The quantitative estimate of drug-likeness (QED) is 0.929. The zero-order chi connectivity index (χ0) is 14.7. The van der Waals surface area contributed by atoms with E-state index in [4.69, 9.17) is 4.98 Å². The summed E-state index contributed by atoms with van der Waals surface area (Å²) in [5, 5.41) is 4.69. The van der Waals surface area contributed by atoms with Crippen LogP contribution in [0, 0.1) is 5.92 Å². The van der Waals surface area contributed by atoms with Gasteiger partial charge in [0.1, 0.15) is 5.82 Å². The molecule has 1 unspecified atom stereocenters. The van der Waals surface area contributed by atoms with E-state index in [1.807, 2.05) is 0 Å². The summed E-state index contributed by atoms with van der Waals surface area (Å²) in [6.07, 6.45) is 2.61. The van der Waals surface area contributed by atoms with Crippen molar-refractivity contribution >= 4 is 16.7 Å². The molecule has 0 amide bonds. The van der Waals surface area contributed by atoms with Crippen LogP contribution in [-0.2, 0) is 6.54 Å². The normalized spacial score (nSPS) is 19.1. The number of anilines is 1. The predicted molar refractivity (Wildman–Crippen MR) is 89.7 cm³/mol. The van der Waals surface area contributed by atoms with Crippen molar-refractivity contribution in [1.29, 1.82) is 0 Å². The molecule has 112 valence electrons. The van der Waals surface area contributed by atoms with Crippen LogP contribution in [0.5, 0.6) is 0 Å². The van der Waals surface area contributed by atoms with Gasteiger partial charge in [-0.2, -0.15) is 0 Å². The Balaban J connectivity index is 2.00. The second-order valence-electron chi connectivity index (χ2n) is 6.14. The molecule has 3 nitrogen and oxygen atoms in total. The molecule has 1 aliphatic rings. The Hall–Kier alpha value is -1.61. The number of pyridine rings is 1. The Labute approximate surface area is 127 Å². The number of aromatic nitrogens is 1. The van der Waals surface area contributed by atoms with Crippen LogP contribution in [0.25, 0.3) is 10.9 Å². The van der Waals surface area contributed by atoms with Gasteiger partial charge in [0.05, 0.1) is 5.52 Å². The molecule has 2 aromatic rings. The first-order chi connectivity index (χ1) is 10.3. The van der Waals surface area contributed by atoms with Gasteiger partial charge in [0.15, 0.2) is 0 Å². The number of benzene rings is 1. The van der Waals surface area contributed by atoms with Gasteiger partial charge in [0, 0.05) is 30.6 Å². The minimum absolute atomic E-state index is 0.763. The molecule has 3 rings (SSSR count). The number of hydrogen-bond donors (Lipinski definition) is 1. The first-order valence-corrected chi connectivity index (χ1v) is 8.12. The van der Waals surface area contributed by atoms with Gasteiger partial charge in [-0.1, -0.05) is 32.0 Å². The molecule has 3 heteroatoms. The molecule has 0 saturated carbocycles. The van der Waals surface area contributed by atoms with Crippen LogP contribution in [0.1, 0.15) is 32.3 Å². The number of nitrogens with zero attached hydrogens (tertiary/aromatic N) is 2. The molecular weight excluding hydrogens is 258 g/mol. The van der Waals surface area contributed by atoms with Gasteiger partial charge in [0.25, 0.3) is 0 Å². The molecule has 0 aliphatic carbocycles. The SMILES string of the molecule is CCNCc1cc2ccccc2nc1N1CCCC(C)C1. The molecular formula is C18H25N3. The third-order valence-corrected chi connectivity index (χ3v) is 4.30. The summed E-state index contributed by atoms with van der Waals surface area (Å²) < 4.78 is 0. The molecule has 1 aromatic heterocycles. The number of para-hydroxylation sites is 1. The standard InChI is InChI=1S/C18H25N3/c1-3-19-12-16-11-15-8-4-5-9-17(15)20-18(16)21-10-6-7-14(2)13-21/h4-5,8-9,11,14,19H,3,6-7,10,12-13H2,1-2H3. The fourth-order valence-corrected chi connectivity index (χ4v) is 3.19. The summed E-state index contributed by atoms with van der Waals surface area (Å²) >= 11 is 0. The lowest BCUT2D eigenvalue weighted by Crippen LogP contribution is -2.36. The largest absolute Gasteiger partial charge is 0.356 e. The van der Waals surface area contributed by atoms with E-state index < -0.39 is 0 Å². The Morgan fingerprint density at radius 1 is 1.33 bits per heavy atom. The third kappa shape index (κ3) is 3.18. The second-order valence-corrected chi connectivity index (χ2v) is 6.14. The van der Waals surface area contributed by atoms with Gasteiger partial charge in [-0.3, -0.25) is 0 Å². The van der Waals surface area contributed by atoms with Crippen molar-refractivity contribution < 1.29 is 0 Å². The van der Waals surface area contributed by atoms with E-state index in [0.29, 0.717) is 0 Å². The van der Waals surface area contributed by atoms with Gasteiger partial charge in [-0.05, 0) is 37.4 Å². The van der Waals surface area contributed by atoms with E-state index in [1.165, 1.54) is 29.6 Å². The first-order valence-electron chi connectivity index (χ1n) is 8.12. The second kappa shape index (κ2) is 6.44. The van der Waals surface area contributed by atoms with Gasteiger partial charge >= 0.3 is 0 Å². The first kappa shape index (κ1) is 14.3. The smallest absolute Gasteiger partial charge is 0.133 e. The fourth-order valence-electron chi connectivity index (χ4n) is 3.19. The molecule has 0 spiro atoms. The number of piperidine rings is 1. The van der Waals surface area contributed by atoms with Crippen LogP contribution in [0.2, 0.25) is 0 Å². The highest BCUT2D eigenvalue weighted by molar-refractivity contribution is 5.81. The van der Waals surface area contributed by atoms with Crippen LogP contribution in [-0.4, -0.2) is 24.6 Å². The third-order valence-electron chi connectivity index (χ3n) is 4.30. The molecule has 1 aliphatic heterocycles. The zero-order valence-electron chi connectivity index (χ0n) is 13.1. The van der Waals surface area contributed by atoms with Crippen LogP contribution in [0.15, 0.2) is 30.3 Å². The van der Waals surface area contributed by atoms with Gasteiger partial charge < -0.3 is 10.2 Å². The van der Waals surface area contributed by atoms with E-state index in [-0.39, 0.29) is 0 Å². The molecule has 1 saturated heterocycles. The number of fused-ring (bicyclic) bond motifs is 1. The molecule has 1 fully saturated rings. The predicted octanol–water partition coefficient (Wildman–Crippen LogP) is 3.58. The van der Waals surface area contributed by atoms with Gasteiger partial charge in [0.2, 0.25) is 0 Å². The maximum Gasteiger partial charge on any atom is 0.133 e. The van der Waals surface area contributed by atoms with E-state index in [2.05, 4.69) is 54.4 Å². The Kier molecular flexibility index (Phi) is 4.39. The molecule has 0 bridgehead atoms. The highest BCUT2D eigenvalue weighted by Crippen LogP contribution is 2.27. The summed E-state index contributed by atoms with van der Waals surface area (Å²) in [6, 6.07) is 10.7.